The molecule has 1 fully saturated rings. The third-order valence-corrected chi connectivity index (χ3v) is 4.77. The van der Waals surface area contributed by atoms with E-state index in [-0.39, 0.29) is 37.2 Å². The van der Waals surface area contributed by atoms with Crippen LogP contribution in [0.3, 0.4) is 0 Å². The second-order valence-electron chi connectivity index (χ2n) is 7.60. The predicted molar refractivity (Wildman–Crippen MR) is 110 cm³/mol. The van der Waals surface area contributed by atoms with E-state index in [1.54, 1.807) is 39.0 Å². The van der Waals surface area contributed by atoms with Gasteiger partial charge in [-0.15, -0.1) is 0 Å². The summed E-state index contributed by atoms with van der Waals surface area (Å²) < 4.78 is 37.6. The van der Waals surface area contributed by atoms with E-state index in [1.165, 1.54) is 0 Å². The minimum Gasteiger partial charge on any atom is -0.367 e. The Morgan fingerprint density at radius 2 is 1.69 bits per heavy atom. The van der Waals surface area contributed by atoms with Gasteiger partial charge in [0.05, 0.1) is 10.7 Å². The van der Waals surface area contributed by atoms with Gasteiger partial charge in [0.1, 0.15) is 0 Å². The Hall–Kier alpha value is -2.07. The summed E-state index contributed by atoms with van der Waals surface area (Å²) >= 11 is 11.4. The molecule has 160 valence electrons. The summed E-state index contributed by atoms with van der Waals surface area (Å²) in [5.74, 6) is -2.06. The molecule has 0 aromatic heterocycles. The molecule has 1 heterocycles. The zero-order chi connectivity index (χ0) is 22.0. The average molecular weight is 451 g/mol. The Labute approximate surface area is 177 Å². The zero-order valence-corrected chi connectivity index (χ0v) is 17.8. The van der Waals surface area contributed by atoms with Crippen LogP contribution in [0.15, 0.2) is 18.2 Å². The highest BCUT2D eigenvalue weighted by molar-refractivity contribution is 7.80. The summed E-state index contributed by atoms with van der Waals surface area (Å²) in [4.78, 5) is 25.9. The first kappa shape index (κ1) is 23.2. The number of amides is 2. The number of piperazine rings is 1. The SMILES string of the molecule is CC(C)(C)C(=O)NC(=S)Nc1ccc(N2CCN(C(=O)C(F)(F)F)CC2)c(Cl)c1. The molecule has 0 atom stereocenters. The van der Waals surface area contributed by atoms with Crippen LogP contribution >= 0.6 is 23.8 Å². The van der Waals surface area contributed by atoms with Crippen LogP contribution in [-0.2, 0) is 9.59 Å². The summed E-state index contributed by atoms with van der Waals surface area (Å²) in [7, 11) is 0. The minimum atomic E-state index is -4.87. The topological polar surface area (TPSA) is 64.7 Å². The van der Waals surface area contributed by atoms with Crippen LogP contribution in [0.2, 0.25) is 5.02 Å². The maximum Gasteiger partial charge on any atom is 0.471 e. The van der Waals surface area contributed by atoms with Crippen LogP contribution in [-0.4, -0.2) is 54.2 Å². The maximum atomic E-state index is 12.5. The Morgan fingerprint density at radius 1 is 1.10 bits per heavy atom. The Kier molecular flexibility index (Phi) is 7.00. The molecule has 2 rings (SSSR count). The highest BCUT2D eigenvalue weighted by Crippen LogP contribution is 2.30. The van der Waals surface area contributed by atoms with E-state index in [9.17, 15) is 22.8 Å². The second kappa shape index (κ2) is 8.74. The number of carbonyl (C=O) groups is 2. The van der Waals surface area contributed by atoms with Crippen LogP contribution in [0, 0.1) is 5.41 Å². The number of halogens is 4. The Morgan fingerprint density at radius 3 is 2.17 bits per heavy atom. The van der Waals surface area contributed by atoms with Crippen molar-refractivity contribution in [3.05, 3.63) is 23.2 Å². The summed E-state index contributed by atoms with van der Waals surface area (Å²) in [5, 5.41) is 5.97. The highest BCUT2D eigenvalue weighted by atomic mass is 35.5. The van der Waals surface area contributed by atoms with Crippen LogP contribution < -0.4 is 15.5 Å². The number of hydrogen-bond acceptors (Lipinski definition) is 4. The third kappa shape index (κ3) is 6.20. The van der Waals surface area contributed by atoms with E-state index in [1.807, 2.05) is 4.90 Å². The van der Waals surface area contributed by atoms with Crippen molar-refractivity contribution in [2.45, 2.75) is 26.9 Å². The first-order valence-electron chi connectivity index (χ1n) is 8.82. The van der Waals surface area contributed by atoms with Crippen LogP contribution in [0.5, 0.6) is 0 Å². The molecule has 0 bridgehead atoms. The Bertz CT molecular complexity index is 803. The van der Waals surface area contributed by atoms with Crippen molar-refractivity contribution in [2.75, 3.05) is 36.4 Å². The van der Waals surface area contributed by atoms with Crippen molar-refractivity contribution in [1.29, 1.82) is 0 Å². The molecule has 1 aromatic rings. The van der Waals surface area contributed by atoms with Gasteiger partial charge in [0.2, 0.25) is 5.91 Å². The molecule has 1 saturated heterocycles. The van der Waals surface area contributed by atoms with Gasteiger partial charge in [-0.1, -0.05) is 32.4 Å². The predicted octanol–water partition coefficient (Wildman–Crippen LogP) is 3.41. The number of anilines is 2. The molecule has 1 aliphatic rings. The van der Waals surface area contributed by atoms with Crippen molar-refractivity contribution >= 4 is 52.1 Å². The van der Waals surface area contributed by atoms with Gasteiger partial charge in [-0.05, 0) is 30.4 Å². The molecular formula is C18H22ClF3N4O2S. The van der Waals surface area contributed by atoms with Gasteiger partial charge >= 0.3 is 12.1 Å². The van der Waals surface area contributed by atoms with E-state index in [0.29, 0.717) is 16.4 Å². The van der Waals surface area contributed by atoms with Gasteiger partial charge in [-0.3, -0.25) is 9.59 Å². The fourth-order valence-electron chi connectivity index (χ4n) is 2.62. The van der Waals surface area contributed by atoms with Gasteiger partial charge in [-0.25, -0.2) is 0 Å². The number of hydrogen-bond donors (Lipinski definition) is 2. The van der Waals surface area contributed by atoms with Crippen LogP contribution in [0.1, 0.15) is 20.8 Å². The lowest BCUT2D eigenvalue weighted by molar-refractivity contribution is -0.185. The molecule has 6 nitrogen and oxygen atoms in total. The molecule has 0 spiro atoms. The third-order valence-electron chi connectivity index (χ3n) is 4.26. The van der Waals surface area contributed by atoms with E-state index >= 15 is 0 Å². The van der Waals surface area contributed by atoms with Gasteiger partial charge in [0.25, 0.3) is 0 Å². The van der Waals surface area contributed by atoms with Crippen molar-refractivity contribution in [2.24, 2.45) is 5.41 Å². The summed E-state index contributed by atoms with van der Waals surface area (Å²) in [5.41, 5.74) is 0.605. The molecule has 0 unspecified atom stereocenters. The lowest BCUT2D eigenvalue weighted by Crippen LogP contribution is -2.52. The lowest BCUT2D eigenvalue weighted by Gasteiger charge is -2.36. The molecule has 29 heavy (non-hydrogen) atoms. The normalized spacial score (nSPS) is 15.1. The summed E-state index contributed by atoms with van der Waals surface area (Å²) in [6.45, 7) is 5.66. The summed E-state index contributed by atoms with van der Waals surface area (Å²) in [6, 6.07) is 5.02. The molecule has 2 amide bonds. The minimum absolute atomic E-state index is 0.0441. The number of carbonyl (C=O) groups excluding carboxylic acids is 2. The zero-order valence-electron chi connectivity index (χ0n) is 16.2. The van der Waals surface area contributed by atoms with Crippen molar-refractivity contribution in [3.63, 3.8) is 0 Å². The number of alkyl halides is 3. The quantitative estimate of drug-likeness (QED) is 0.676. The van der Waals surface area contributed by atoms with E-state index < -0.39 is 17.5 Å². The number of rotatable bonds is 2. The molecular weight excluding hydrogens is 429 g/mol. The number of thiocarbonyl (C=S) groups is 1. The van der Waals surface area contributed by atoms with Crippen molar-refractivity contribution in [1.82, 2.24) is 10.2 Å². The molecule has 0 aliphatic carbocycles. The average Bonchev–Trinajstić information content (AvgIpc) is 2.59. The smallest absolute Gasteiger partial charge is 0.367 e. The summed E-state index contributed by atoms with van der Waals surface area (Å²) in [6.07, 6.45) is -4.87. The van der Waals surface area contributed by atoms with E-state index in [2.05, 4.69) is 10.6 Å². The molecule has 2 N–H and O–H groups in total. The largest absolute Gasteiger partial charge is 0.471 e. The Balaban J connectivity index is 1.97. The second-order valence-corrected chi connectivity index (χ2v) is 8.42. The number of nitrogens with one attached hydrogen (secondary N) is 2. The standard InChI is InChI=1S/C18H22ClF3N4O2S/c1-17(2,3)14(27)24-16(29)23-11-4-5-13(12(19)10-11)25-6-8-26(9-7-25)15(28)18(20,21)22/h4-5,10H,6-9H2,1-3H3,(H2,23,24,27,29). The molecule has 11 heteroatoms. The first-order valence-corrected chi connectivity index (χ1v) is 9.60. The highest BCUT2D eigenvalue weighted by Gasteiger charge is 2.43. The van der Waals surface area contributed by atoms with Gasteiger partial charge < -0.3 is 20.4 Å². The van der Waals surface area contributed by atoms with Gasteiger partial charge in [0, 0.05) is 37.3 Å². The molecule has 0 radical (unpaired) electrons. The fourth-order valence-corrected chi connectivity index (χ4v) is 3.13. The van der Waals surface area contributed by atoms with Crippen LogP contribution in [0.4, 0.5) is 24.5 Å². The molecule has 1 aromatic carbocycles. The van der Waals surface area contributed by atoms with E-state index in [0.717, 1.165) is 4.90 Å². The number of nitrogens with zero attached hydrogens (tertiary/aromatic N) is 2. The lowest BCUT2D eigenvalue weighted by atomic mass is 9.96. The van der Waals surface area contributed by atoms with Crippen molar-refractivity contribution < 1.29 is 22.8 Å². The fraction of sp³-hybridized carbons (Fsp3) is 0.500. The maximum absolute atomic E-state index is 12.5. The van der Waals surface area contributed by atoms with Gasteiger partial charge in [0.15, 0.2) is 5.11 Å². The molecule has 1 aliphatic heterocycles. The van der Waals surface area contributed by atoms with Gasteiger partial charge in [-0.2, -0.15) is 13.2 Å². The number of benzene rings is 1. The molecule has 0 saturated carbocycles. The van der Waals surface area contributed by atoms with E-state index in [4.69, 9.17) is 23.8 Å². The first-order chi connectivity index (χ1) is 13.3. The monoisotopic (exact) mass is 450 g/mol. The van der Waals surface area contributed by atoms with Crippen LogP contribution in [0.25, 0.3) is 0 Å². The van der Waals surface area contributed by atoms with Crippen molar-refractivity contribution in [3.8, 4) is 0 Å².